The van der Waals surface area contributed by atoms with Crippen LogP contribution >= 0.6 is 0 Å². The van der Waals surface area contributed by atoms with Gasteiger partial charge in [0.25, 0.3) is 0 Å². The summed E-state index contributed by atoms with van der Waals surface area (Å²) < 4.78 is 2.10. The molecule has 4 heteroatoms. The fourth-order valence-corrected chi connectivity index (χ4v) is 4.20. The zero-order valence-corrected chi connectivity index (χ0v) is 16.4. The minimum atomic E-state index is -0.421. The third-order valence-electron chi connectivity index (χ3n) is 5.62. The van der Waals surface area contributed by atoms with Crippen LogP contribution in [0.1, 0.15) is 50.4 Å². The summed E-state index contributed by atoms with van der Waals surface area (Å²) in [6.45, 7) is 7.58. The third kappa shape index (κ3) is 3.08. The van der Waals surface area contributed by atoms with Crippen LogP contribution in [-0.4, -0.2) is 27.6 Å². The second-order valence-electron chi connectivity index (χ2n) is 8.45. The van der Waals surface area contributed by atoms with Gasteiger partial charge in [0.05, 0.1) is 11.9 Å². The number of nitrogens with zero attached hydrogens (tertiary/aromatic N) is 3. The lowest BCUT2D eigenvalue weighted by molar-refractivity contribution is 0.288. The molecule has 1 atom stereocenters. The van der Waals surface area contributed by atoms with Crippen LogP contribution in [0, 0.1) is 0 Å². The van der Waals surface area contributed by atoms with E-state index in [1.54, 1.807) is 0 Å². The molecule has 1 aliphatic heterocycles. The van der Waals surface area contributed by atoms with Crippen molar-refractivity contribution < 1.29 is 0 Å². The monoisotopic (exact) mass is 360 g/mol. The minimum Gasteiger partial charge on any atom is -0.311 e. The van der Waals surface area contributed by atoms with Gasteiger partial charge < -0.3 is 5.32 Å². The Bertz CT molecular complexity index is 832. The van der Waals surface area contributed by atoms with Crippen LogP contribution in [0.25, 0.3) is 0 Å². The average Bonchev–Trinajstić information content (AvgIpc) is 3.37. The molecule has 1 aliphatic rings. The average molecular weight is 361 g/mol. The lowest BCUT2D eigenvalue weighted by atomic mass is 9.76. The van der Waals surface area contributed by atoms with E-state index in [2.05, 4.69) is 108 Å². The Morgan fingerprint density at radius 2 is 1.52 bits per heavy atom. The predicted molar refractivity (Wildman–Crippen MR) is 109 cm³/mol. The van der Waals surface area contributed by atoms with Crippen molar-refractivity contribution in [2.75, 3.05) is 6.54 Å². The van der Waals surface area contributed by atoms with E-state index in [1.165, 1.54) is 17.5 Å². The molecule has 2 aromatic carbocycles. The van der Waals surface area contributed by atoms with Crippen LogP contribution in [0.15, 0.2) is 66.9 Å². The summed E-state index contributed by atoms with van der Waals surface area (Å²) in [6, 6.07) is 21.7. The highest BCUT2D eigenvalue weighted by atomic mass is 15.5. The van der Waals surface area contributed by atoms with Gasteiger partial charge in [0.15, 0.2) is 0 Å². The van der Waals surface area contributed by atoms with E-state index in [1.807, 2.05) is 0 Å². The number of aromatic nitrogens is 3. The highest BCUT2D eigenvalue weighted by Gasteiger charge is 2.46. The number of hydrogen-bond donors (Lipinski definition) is 1. The van der Waals surface area contributed by atoms with Crippen LogP contribution in [0.5, 0.6) is 0 Å². The van der Waals surface area contributed by atoms with Gasteiger partial charge in [-0.1, -0.05) is 86.6 Å². The molecule has 0 aliphatic carbocycles. The fourth-order valence-electron chi connectivity index (χ4n) is 4.20. The van der Waals surface area contributed by atoms with Crippen LogP contribution < -0.4 is 5.32 Å². The zero-order chi connectivity index (χ0) is 18.9. The van der Waals surface area contributed by atoms with Crippen molar-refractivity contribution in [3.05, 3.63) is 83.7 Å². The lowest BCUT2D eigenvalue weighted by Crippen LogP contribution is -2.52. The number of hydrogen-bond acceptors (Lipinski definition) is 3. The molecule has 4 nitrogen and oxygen atoms in total. The minimum absolute atomic E-state index is 0.0412. The molecule has 0 unspecified atom stereocenters. The molecule has 140 valence electrons. The predicted octanol–water partition coefficient (Wildman–Crippen LogP) is 4.12. The van der Waals surface area contributed by atoms with Crippen LogP contribution in [-0.2, 0) is 11.0 Å². The second kappa shape index (κ2) is 6.93. The molecule has 2 heterocycles. The van der Waals surface area contributed by atoms with Gasteiger partial charge in [0.1, 0.15) is 5.54 Å². The van der Waals surface area contributed by atoms with Crippen LogP contribution in [0.3, 0.4) is 0 Å². The topological polar surface area (TPSA) is 42.7 Å². The largest absolute Gasteiger partial charge is 0.311 e. The van der Waals surface area contributed by atoms with Crippen molar-refractivity contribution in [1.29, 1.82) is 0 Å². The third-order valence-corrected chi connectivity index (χ3v) is 5.62. The van der Waals surface area contributed by atoms with E-state index in [-0.39, 0.29) is 11.5 Å². The molecule has 4 rings (SSSR count). The van der Waals surface area contributed by atoms with Crippen molar-refractivity contribution >= 4 is 0 Å². The summed E-state index contributed by atoms with van der Waals surface area (Å²) in [5.74, 6) is 0. The molecule has 0 radical (unpaired) electrons. The quantitative estimate of drug-likeness (QED) is 0.761. The Morgan fingerprint density at radius 1 is 0.926 bits per heavy atom. The number of rotatable bonds is 4. The summed E-state index contributed by atoms with van der Waals surface area (Å²) >= 11 is 0. The summed E-state index contributed by atoms with van der Waals surface area (Å²) in [7, 11) is 0. The summed E-state index contributed by atoms with van der Waals surface area (Å²) in [6.07, 6.45) is 4.42. The van der Waals surface area contributed by atoms with Gasteiger partial charge >= 0.3 is 0 Å². The van der Waals surface area contributed by atoms with Crippen molar-refractivity contribution in [3.8, 4) is 0 Å². The van der Waals surface area contributed by atoms with Crippen LogP contribution in [0.4, 0.5) is 0 Å². The maximum atomic E-state index is 4.68. The molecule has 0 amide bonds. The fraction of sp³-hybridized carbons (Fsp3) is 0.391. The first-order valence-electron chi connectivity index (χ1n) is 9.80. The van der Waals surface area contributed by atoms with E-state index in [4.69, 9.17) is 0 Å². The highest BCUT2D eigenvalue weighted by Crippen LogP contribution is 2.40. The van der Waals surface area contributed by atoms with Crippen molar-refractivity contribution in [2.45, 2.75) is 50.6 Å². The van der Waals surface area contributed by atoms with Gasteiger partial charge in [-0.2, -0.15) is 0 Å². The highest BCUT2D eigenvalue weighted by molar-refractivity contribution is 5.42. The van der Waals surface area contributed by atoms with Crippen LogP contribution in [0.2, 0.25) is 0 Å². The van der Waals surface area contributed by atoms with Gasteiger partial charge in [0, 0.05) is 11.5 Å². The molecule has 0 spiro atoms. The Morgan fingerprint density at radius 3 is 1.96 bits per heavy atom. The zero-order valence-electron chi connectivity index (χ0n) is 16.4. The van der Waals surface area contributed by atoms with Gasteiger partial charge in [0.2, 0.25) is 0 Å². The van der Waals surface area contributed by atoms with E-state index < -0.39 is 5.54 Å². The molecule has 1 fully saturated rings. The summed E-state index contributed by atoms with van der Waals surface area (Å²) in [5.41, 5.74) is 3.02. The first kappa shape index (κ1) is 17.9. The maximum Gasteiger partial charge on any atom is 0.129 e. The van der Waals surface area contributed by atoms with Gasteiger partial charge in [-0.15, -0.1) is 5.10 Å². The van der Waals surface area contributed by atoms with Crippen molar-refractivity contribution in [2.24, 2.45) is 0 Å². The molecule has 1 saturated heterocycles. The Hall–Kier alpha value is -2.46. The molecule has 3 aromatic rings. The summed E-state index contributed by atoms with van der Waals surface area (Å²) in [5, 5.41) is 13.0. The van der Waals surface area contributed by atoms with E-state index in [0.29, 0.717) is 0 Å². The van der Waals surface area contributed by atoms with Gasteiger partial charge in [-0.05, 0) is 30.5 Å². The molecular formula is C23H28N4. The maximum absolute atomic E-state index is 4.68. The number of nitrogens with one attached hydrogen (secondary N) is 1. The first-order chi connectivity index (χ1) is 13.0. The van der Waals surface area contributed by atoms with E-state index in [9.17, 15) is 0 Å². The normalized spacial score (nSPS) is 18.0. The molecule has 1 aromatic heterocycles. The van der Waals surface area contributed by atoms with Gasteiger partial charge in [-0.3, -0.25) is 0 Å². The molecule has 0 bridgehead atoms. The number of benzene rings is 2. The Labute approximate surface area is 161 Å². The Balaban J connectivity index is 2.00. The van der Waals surface area contributed by atoms with Gasteiger partial charge in [-0.25, -0.2) is 4.68 Å². The summed E-state index contributed by atoms with van der Waals surface area (Å²) in [4.78, 5) is 0. The smallest absolute Gasteiger partial charge is 0.129 e. The lowest BCUT2D eigenvalue weighted by Gasteiger charge is -2.40. The molecular weight excluding hydrogens is 332 g/mol. The van der Waals surface area contributed by atoms with E-state index in [0.717, 1.165) is 18.7 Å². The van der Waals surface area contributed by atoms with E-state index >= 15 is 0 Å². The standard InChI is InChI=1S/C23H28N4/c1-22(2,3)21-17-27(26-25-21)23(20-15-10-16-24-20,18-11-6-4-7-12-18)19-13-8-5-9-14-19/h4-9,11-14,17,20,24H,10,15-16H2,1-3H3/t20-/m0/s1. The van der Waals surface area contributed by atoms with Crippen molar-refractivity contribution in [3.63, 3.8) is 0 Å². The van der Waals surface area contributed by atoms with Crippen molar-refractivity contribution in [1.82, 2.24) is 20.3 Å². The first-order valence-corrected chi connectivity index (χ1v) is 9.80. The molecule has 27 heavy (non-hydrogen) atoms. The second-order valence-corrected chi connectivity index (χ2v) is 8.45. The molecule has 0 saturated carbocycles. The Kier molecular flexibility index (Phi) is 4.60. The SMILES string of the molecule is CC(C)(C)c1cn(C(c2ccccc2)(c2ccccc2)[C@@H]2CCCN2)nn1. The molecule has 1 N–H and O–H groups in total.